The number of esters is 1. The first-order valence-corrected chi connectivity index (χ1v) is 6.99. The van der Waals surface area contributed by atoms with Crippen LogP contribution in [0.1, 0.15) is 17.3 Å². The second-order valence-electron chi connectivity index (χ2n) is 4.27. The molecule has 2 rings (SSSR count). The summed E-state index contributed by atoms with van der Waals surface area (Å²) in [6.45, 7) is 1.82. The van der Waals surface area contributed by atoms with Gasteiger partial charge in [-0.3, -0.25) is 9.79 Å². The van der Waals surface area contributed by atoms with Crippen LogP contribution in [-0.4, -0.2) is 35.7 Å². The highest BCUT2D eigenvalue weighted by Gasteiger charge is 2.31. The number of Topliss-reactive ketones (excluding diaryl/α,β-unsaturated/α-hetero) is 1. The summed E-state index contributed by atoms with van der Waals surface area (Å²) in [5.41, 5.74) is 0.666. The maximum atomic E-state index is 12.3. The average Bonchev–Trinajstić information content (AvgIpc) is 2.95. The number of hydrogen-bond acceptors (Lipinski definition) is 5. The van der Waals surface area contributed by atoms with E-state index in [9.17, 15) is 9.59 Å². The van der Waals surface area contributed by atoms with Crippen molar-refractivity contribution in [2.75, 3.05) is 12.9 Å². The Morgan fingerprint density at radius 2 is 2.05 bits per heavy atom. The number of carbonyl (C=O) groups excluding carboxylic acids is 2. The number of nitrogens with zero attached hydrogens (tertiary/aromatic N) is 1. The van der Waals surface area contributed by atoms with E-state index in [1.165, 1.54) is 18.9 Å². The largest absolute Gasteiger partial charge is 0.467 e. The molecule has 1 aromatic rings. The molecule has 2 atom stereocenters. The van der Waals surface area contributed by atoms with Crippen LogP contribution in [0.3, 0.4) is 0 Å². The van der Waals surface area contributed by atoms with Gasteiger partial charge in [0.1, 0.15) is 0 Å². The molecule has 0 fully saturated rings. The van der Waals surface area contributed by atoms with Crippen molar-refractivity contribution in [3.63, 3.8) is 0 Å². The molecule has 100 valence electrons. The number of carbonyl (C=O) groups is 2. The standard InChI is InChI=1S/C14H15NO3S/c1-9(12(16)10-6-4-3-5-7-10)13-15-11(8-19-13)14(17)18-2/h3-7,9,11H,8H2,1-2H3. The Kier molecular flexibility index (Phi) is 4.37. The summed E-state index contributed by atoms with van der Waals surface area (Å²) in [6.07, 6.45) is 0. The number of ether oxygens (including phenoxy) is 1. The lowest BCUT2D eigenvalue weighted by Crippen LogP contribution is -2.20. The molecule has 5 heteroatoms. The van der Waals surface area contributed by atoms with Crippen molar-refractivity contribution in [1.29, 1.82) is 0 Å². The van der Waals surface area contributed by atoms with Crippen LogP contribution in [-0.2, 0) is 9.53 Å². The molecule has 0 saturated heterocycles. The second kappa shape index (κ2) is 6.02. The van der Waals surface area contributed by atoms with E-state index in [1.54, 1.807) is 12.1 Å². The monoisotopic (exact) mass is 277 g/mol. The SMILES string of the molecule is COC(=O)C1CSC(C(C)C(=O)c2ccccc2)=N1. The van der Waals surface area contributed by atoms with Crippen LogP contribution >= 0.6 is 11.8 Å². The Hall–Kier alpha value is -1.62. The number of thioether (sulfide) groups is 1. The van der Waals surface area contributed by atoms with Gasteiger partial charge in [-0.15, -0.1) is 11.8 Å². The summed E-state index contributed by atoms with van der Waals surface area (Å²) < 4.78 is 4.66. The van der Waals surface area contributed by atoms with Gasteiger partial charge >= 0.3 is 5.97 Å². The second-order valence-corrected chi connectivity index (χ2v) is 5.31. The molecule has 19 heavy (non-hydrogen) atoms. The van der Waals surface area contributed by atoms with Gasteiger partial charge in [-0.05, 0) is 6.92 Å². The van der Waals surface area contributed by atoms with Crippen LogP contribution in [0.5, 0.6) is 0 Å². The normalized spacial score (nSPS) is 19.7. The van der Waals surface area contributed by atoms with Crippen molar-refractivity contribution < 1.29 is 14.3 Å². The Morgan fingerprint density at radius 3 is 2.68 bits per heavy atom. The lowest BCUT2D eigenvalue weighted by Gasteiger charge is -2.09. The summed E-state index contributed by atoms with van der Waals surface area (Å²) >= 11 is 1.45. The van der Waals surface area contributed by atoms with E-state index in [-0.39, 0.29) is 17.7 Å². The topological polar surface area (TPSA) is 55.7 Å². The molecule has 0 bridgehead atoms. The predicted octanol–water partition coefficient (Wildman–Crippen LogP) is 2.19. The van der Waals surface area contributed by atoms with Crippen molar-refractivity contribution in [2.45, 2.75) is 13.0 Å². The zero-order valence-electron chi connectivity index (χ0n) is 10.8. The van der Waals surface area contributed by atoms with Crippen LogP contribution in [0.15, 0.2) is 35.3 Å². The predicted molar refractivity (Wildman–Crippen MR) is 75.6 cm³/mol. The fraction of sp³-hybridized carbons (Fsp3) is 0.357. The zero-order valence-corrected chi connectivity index (χ0v) is 11.6. The van der Waals surface area contributed by atoms with Crippen molar-refractivity contribution >= 4 is 28.6 Å². The zero-order chi connectivity index (χ0) is 13.8. The highest BCUT2D eigenvalue weighted by Crippen LogP contribution is 2.26. The Morgan fingerprint density at radius 1 is 1.37 bits per heavy atom. The molecule has 1 aromatic carbocycles. The molecule has 0 amide bonds. The lowest BCUT2D eigenvalue weighted by molar-refractivity contribution is -0.141. The first-order valence-electron chi connectivity index (χ1n) is 6.01. The molecular weight excluding hydrogens is 262 g/mol. The molecule has 0 spiro atoms. The first kappa shape index (κ1) is 13.8. The van der Waals surface area contributed by atoms with Gasteiger partial charge in [0.15, 0.2) is 11.8 Å². The fourth-order valence-electron chi connectivity index (χ4n) is 1.85. The molecule has 0 radical (unpaired) electrons. The van der Waals surface area contributed by atoms with Gasteiger partial charge in [-0.25, -0.2) is 4.79 Å². The van der Waals surface area contributed by atoms with Gasteiger partial charge in [-0.2, -0.15) is 0 Å². The average molecular weight is 277 g/mol. The summed E-state index contributed by atoms with van der Waals surface area (Å²) in [5.74, 6) is -0.0877. The van der Waals surface area contributed by atoms with Gasteiger partial charge in [0.05, 0.1) is 18.1 Å². The van der Waals surface area contributed by atoms with Gasteiger partial charge in [0.2, 0.25) is 0 Å². The molecule has 1 aliphatic rings. The number of benzene rings is 1. The molecular formula is C14H15NO3S. The lowest BCUT2D eigenvalue weighted by atomic mass is 10.0. The Bertz CT molecular complexity index is 513. The number of hydrogen-bond donors (Lipinski definition) is 0. The number of ketones is 1. The smallest absolute Gasteiger partial charge is 0.331 e. The van der Waals surface area contributed by atoms with E-state index >= 15 is 0 Å². The van der Waals surface area contributed by atoms with Crippen LogP contribution < -0.4 is 0 Å². The molecule has 0 saturated carbocycles. The fourth-order valence-corrected chi connectivity index (χ4v) is 2.95. The minimum absolute atomic E-state index is 0.0253. The Balaban J connectivity index is 2.11. The van der Waals surface area contributed by atoms with E-state index in [4.69, 9.17) is 0 Å². The Labute approximate surface area is 116 Å². The van der Waals surface area contributed by atoms with Crippen LogP contribution in [0, 0.1) is 5.92 Å². The van der Waals surface area contributed by atoms with E-state index < -0.39 is 6.04 Å². The molecule has 0 aliphatic carbocycles. The highest BCUT2D eigenvalue weighted by molar-refractivity contribution is 8.14. The van der Waals surface area contributed by atoms with Gasteiger partial charge in [0.25, 0.3) is 0 Å². The number of rotatable bonds is 4. The van der Waals surface area contributed by atoms with Gasteiger partial charge in [0, 0.05) is 11.3 Å². The summed E-state index contributed by atoms with van der Waals surface area (Å²) in [6, 6.07) is 8.64. The van der Waals surface area contributed by atoms with Crippen molar-refractivity contribution in [3.05, 3.63) is 35.9 Å². The van der Waals surface area contributed by atoms with E-state index in [1.807, 2.05) is 25.1 Å². The third-order valence-corrected chi connectivity index (χ3v) is 4.20. The molecule has 2 unspecified atom stereocenters. The van der Waals surface area contributed by atoms with E-state index in [0.29, 0.717) is 16.4 Å². The van der Waals surface area contributed by atoms with Gasteiger partial charge in [-0.1, -0.05) is 30.3 Å². The van der Waals surface area contributed by atoms with E-state index in [0.717, 1.165) is 0 Å². The van der Waals surface area contributed by atoms with Crippen molar-refractivity contribution in [3.8, 4) is 0 Å². The molecule has 0 N–H and O–H groups in total. The third kappa shape index (κ3) is 3.04. The first-order chi connectivity index (χ1) is 9.13. The van der Waals surface area contributed by atoms with Crippen LogP contribution in [0.4, 0.5) is 0 Å². The highest BCUT2D eigenvalue weighted by atomic mass is 32.2. The maximum Gasteiger partial charge on any atom is 0.331 e. The quantitative estimate of drug-likeness (QED) is 0.625. The number of aliphatic imine (C=N–C) groups is 1. The van der Waals surface area contributed by atoms with Crippen LogP contribution in [0.25, 0.3) is 0 Å². The number of methoxy groups -OCH3 is 1. The summed E-state index contributed by atoms with van der Waals surface area (Å²) in [4.78, 5) is 28.0. The molecule has 1 heterocycles. The molecule has 4 nitrogen and oxygen atoms in total. The van der Waals surface area contributed by atoms with Crippen molar-refractivity contribution in [1.82, 2.24) is 0 Å². The van der Waals surface area contributed by atoms with Gasteiger partial charge < -0.3 is 4.74 Å². The molecule has 0 aromatic heterocycles. The van der Waals surface area contributed by atoms with Crippen molar-refractivity contribution in [2.24, 2.45) is 10.9 Å². The summed E-state index contributed by atoms with van der Waals surface area (Å²) in [5, 5.41) is 0.712. The minimum Gasteiger partial charge on any atom is -0.467 e. The van der Waals surface area contributed by atoms with Crippen LogP contribution in [0.2, 0.25) is 0 Å². The summed E-state index contributed by atoms with van der Waals surface area (Å²) in [7, 11) is 1.35. The third-order valence-electron chi connectivity index (χ3n) is 2.97. The molecule has 1 aliphatic heterocycles. The maximum absolute atomic E-state index is 12.3. The van der Waals surface area contributed by atoms with E-state index in [2.05, 4.69) is 9.73 Å². The minimum atomic E-state index is -0.476.